The summed E-state index contributed by atoms with van der Waals surface area (Å²) in [6.07, 6.45) is 3.61. The van der Waals surface area contributed by atoms with Gasteiger partial charge in [-0.2, -0.15) is 8.78 Å². The van der Waals surface area contributed by atoms with E-state index in [1.165, 1.54) is 36.0 Å². The van der Waals surface area contributed by atoms with Crippen LogP contribution in [0.5, 0.6) is 11.5 Å². The molecule has 2 aromatic carbocycles. The first-order chi connectivity index (χ1) is 14.4. The molecule has 30 heavy (non-hydrogen) atoms. The van der Waals surface area contributed by atoms with Crippen molar-refractivity contribution in [3.63, 3.8) is 0 Å². The topological polar surface area (TPSA) is 50.8 Å². The maximum atomic E-state index is 14.5. The largest absolute Gasteiger partial charge is 0.497 e. The summed E-state index contributed by atoms with van der Waals surface area (Å²) in [5.74, 6) is -3.62. The Morgan fingerprint density at radius 3 is 2.57 bits per heavy atom. The summed E-state index contributed by atoms with van der Waals surface area (Å²) in [6, 6.07) is 12.6. The van der Waals surface area contributed by atoms with Crippen LogP contribution in [-0.2, 0) is 17.3 Å². The van der Waals surface area contributed by atoms with Gasteiger partial charge in [-0.1, -0.05) is 42.1 Å². The quantitative estimate of drug-likeness (QED) is 0.632. The number of halogens is 2. The molecule has 2 aromatic rings. The molecule has 1 unspecified atom stereocenters. The van der Waals surface area contributed by atoms with Crippen molar-refractivity contribution >= 4 is 29.4 Å². The predicted octanol–water partition coefficient (Wildman–Crippen LogP) is 4.61. The number of amides is 1. The Bertz CT molecular complexity index is 926. The molecule has 1 heterocycles. The SMILES string of the molecule is COc1ccc(CN2C=C(NC(=O)C(F)(F)c3ccccc3)SC2SC)c(OC)c1. The summed E-state index contributed by atoms with van der Waals surface area (Å²) in [5, 5.41) is 2.75. The molecule has 0 saturated carbocycles. The molecule has 160 valence electrons. The zero-order valence-electron chi connectivity index (χ0n) is 16.7. The van der Waals surface area contributed by atoms with Crippen molar-refractivity contribution in [2.45, 2.75) is 17.2 Å². The van der Waals surface area contributed by atoms with Gasteiger partial charge >= 0.3 is 5.92 Å². The third-order valence-electron chi connectivity index (χ3n) is 4.49. The molecule has 1 N–H and O–H groups in total. The monoisotopic (exact) mass is 452 g/mol. The van der Waals surface area contributed by atoms with Gasteiger partial charge in [-0.3, -0.25) is 4.79 Å². The van der Waals surface area contributed by atoms with Crippen molar-refractivity contribution in [1.82, 2.24) is 10.2 Å². The van der Waals surface area contributed by atoms with Crippen LogP contribution in [-0.4, -0.2) is 36.0 Å². The lowest BCUT2D eigenvalue weighted by Gasteiger charge is -2.23. The Labute approximate surface area is 182 Å². The zero-order valence-corrected chi connectivity index (χ0v) is 18.4. The number of carbonyl (C=O) groups is 1. The molecule has 0 fully saturated rings. The van der Waals surface area contributed by atoms with Gasteiger partial charge in [0, 0.05) is 29.9 Å². The minimum Gasteiger partial charge on any atom is -0.497 e. The third-order valence-corrected chi connectivity index (χ3v) is 6.96. The standard InChI is InChI=1S/C21H22F2N2O3S2/c1-27-16-10-9-14(17(11-16)28-2)12-25-13-18(30-20(25)29-3)24-19(26)21(22,23)15-7-5-4-6-8-15/h4-11,13,20H,12H2,1-3H3,(H,24,26). The first-order valence-electron chi connectivity index (χ1n) is 9.01. The highest BCUT2D eigenvalue weighted by Crippen LogP contribution is 2.40. The van der Waals surface area contributed by atoms with Gasteiger partial charge in [0.2, 0.25) is 0 Å². The maximum absolute atomic E-state index is 14.5. The fourth-order valence-electron chi connectivity index (χ4n) is 2.93. The molecule has 1 atom stereocenters. The number of hydrogen-bond acceptors (Lipinski definition) is 6. The second kappa shape index (κ2) is 9.61. The molecule has 5 nitrogen and oxygen atoms in total. The van der Waals surface area contributed by atoms with Crippen LogP contribution < -0.4 is 14.8 Å². The number of benzene rings is 2. The van der Waals surface area contributed by atoms with Crippen LogP contribution in [0.3, 0.4) is 0 Å². The predicted molar refractivity (Wildman–Crippen MR) is 117 cm³/mol. The average molecular weight is 453 g/mol. The maximum Gasteiger partial charge on any atom is 0.350 e. The number of rotatable bonds is 8. The second-order valence-corrected chi connectivity index (χ2v) is 8.74. The fraction of sp³-hybridized carbons (Fsp3) is 0.286. The summed E-state index contributed by atoms with van der Waals surface area (Å²) < 4.78 is 39.6. The van der Waals surface area contributed by atoms with E-state index >= 15 is 0 Å². The Balaban J connectivity index is 1.75. The molecule has 0 bridgehead atoms. The van der Waals surface area contributed by atoms with E-state index in [0.29, 0.717) is 23.1 Å². The third kappa shape index (κ3) is 4.84. The van der Waals surface area contributed by atoms with Crippen molar-refractivity contribution in [3.05, 3.63) is 70.9 Å². The van der Waals surface area contributed by atoms with Crippen molar-refractivity contribution in [3.8, 4) is 11.5 Å². The minimum atomic E-state index is -3.62. The van der Waals surface area contributed by atoms with Crippen LogP contribution >= 0.6 is 23.5 Å². The van der Waals surface area contributed by atoms with Crippen LogP contribution in [0, 0.1) is 0 Å². The summed E-state index contributed by atoms with van der Waals surface area (Å²) in [6.45, 7) is 0.486. The summed E-state index contributed by atoms with van der Waals surface area (Å²) >= 11 is 2.87. The normalized spacial score (nSPS) is 16.2. The van der Waals surface area contributed by atoms with Gasteiger partial charge < -0.3 is 19.7 Å². The van der Waals surface area contributed by atoms with Gasteiger partial charge in [0.05, 0.1) is 19.2 Å². The highest BCUT2D eigenvalue weighted by molar-refractivity contribution is 8.18. The van der Waals surface area contributed by atoms with E-state index in [2.05, 4.69) is 5.32 Å². The summed E-state index contributed by atoms with van der Waals surface area (Å²) in [5.41, 5.74) is 0.573. The van der Waals surface area contributed by atoms with E-state index in [1.807, 2.05) is 23.3 Å². The van der Waals surface area contributed by atoms with Gasteiger partial charge in [-0.05, 0) is 18.4 Å². The number of nitrogens with zero attached hydrogens (tertiary/aromatic N) is 1. The Morgan fingerprint density at radius 2 is 1.93 bits per heavy atom. The first kappa shape index (κ1) is 22.3. The van der Waals surface area contributed by atoms with Crippen molar-refractivity contribution in [2.75, 3.05) is 20.5 Å². The number of methoxy groups -OCH3 is 2. The fourth-order valence-corrected chi connectivity index (χ4v) is 4.87. The average Bonchev–Trinajstić information content (AvgIpc) is 3.15. The van der Waals surface area contributed by atoms with E-state index in [0.717, 1.165) is 5.56 Å². The number of ether oxygens (including phenoxy) is 2. The smallest absolute Gasteiger partial charge is 0.350 e. The lowest BCUT2D eigenvalue weighted by molar-refractivity contribution is -0.145. The number of carbonyl (C=O) groups excluding carboxylic acids is 1. The highest BCUT2D eigenvalue weighted by atomic mass is 32.2. The van der Waals surface area contributed by atoms with Gasteiger partial charge in [0.1, 0.15) is 16.2 Å². The van der Waals surface area contributed by atoms with E-state index in [-0.39, 0.29) is 10.3 Å². The van der Waals surface area contributed by atoms with E-state index < -0.39 is 11.8 Å². The Hall–Kier alpha value is -2.39. The highest BCUT2D eigenvalue weighted by Gasteiger charge is 2.42. The molecular weight excluding hydrogens is 430 g/mol. The van der Waals surface area contributed by atoms with Gasteiger partial charge in [-0.15, -0.1) is 11.8 Å². The summed E-state index contributed by atoms with van der Waals surface area (Å²) in [7, 11) is 3.16. The number of hydrogen-bond donors (Lipinski definition) is 1. The van der Waals surface area contributed by atoms with Crippen LogP contribution in [0.1, 0.15) is 11.1 Å². The molecule has 1 aliphatic rings. The second-order valence-electron chi connectivity index (χ2n) is 6.40. The number of thioether (sulfide) groups is 2. The molecule has 0 spiro atoms. The first-order valence-corrected chi connectivity index (χ1v) is 11.2. The van der Waals surface area contributed by atoms with E-state index in [9.17, 15) is 13.6 Å². The summed E-state index contributed by atoms with van der Waals surface area (Å²) in [4.78, 5) is 14.2. The minimum absolute atomic E-state index is 0.0718. The van der Waals surface area contributed by atoms with Crippen LogP contribution in [0.2, 0.25) is 0 Å². The molecule has 9 heteroatoms. The van der Waals surface area contributed by atoms with Crippen molar-refractivity contribution in [2.24, 2.45) is 0 Å². The molecule has 0 aromatic heterocycles. The molecule has 0 radical (unpaired) electrons. The van der Waals surface area contributed by atoms with Gasteiger partial charge in [0.25, 0.3) is 5.91 Å². The van der Waals surface area contributed by atoms with Gasteiger partial charge in [0.15, 0.2) is 0 Å². The lowest BCUT2D eigenvalue weighted by atomic mass is 10.1. The number of alkyl halides is 2. The molecule has 1 amide bonds. The van der Waals surface area contributed by atoms with E-state index in [4.69, 9.17) is 9.47 Å². The molecule has 3 rings (SSSR count). The van der Waals surface area contributed by atoms with Crippen LogP contribution in [0.4, 0.5) is 8.78 Å². The molecular formula is C21H22F2N2O3S2. The van der Waals surface area contributed by atoms with Gasteiger partial charge in [-0.25, -0.2) is 0 Å². The zero-order chi connectivity index (χ0) is 21.7. The van der Waals surface area contributed by atoms with Crippen LogP contribution in [0.15, 0.2) is 59.8 Å². The Kier molecular flexibility index (Phi) is 7.14. The van der Waals surface area contributed by atoms with Crippen LogP contribution in [0.25, 0.3) is 0 Å². The van der Waals surface area contributed by atoms with Crippen molar-refractivity contribution < 1.29 is 23.0 Å². The van der Waals surface area contributed by atoms with Crippen molar-refractivity contribution in [1.29, 1.82) is 0 Å². The Morgan fingerprint density at radius 1 is 1.20 bits per heavy atom. The van der Waals surface area contributed by atoms with E-state index in [1.54, 1.807) is 44.3 Å². The number of nitrogens with one attached hydrogen (secondary N) is 1. The lowest BCUT2D eigenvalue weighted by Crippen LogP contribution is -2.36. The molecule has 0 aliphatic carbocycles. The molecule has 1 aliphatic heterocycles. The molecule has 0 saturated heterocycles.